The first-order valence-electron chi connectivity index (χ1n) is 7.91. The highest BCUT2D eigenvalue weighted by Gasteiger charge is 2.38. The van der Waals surface area contributed by atoms with Gasteiger partial charge in [0.15, 0.2) is 5.96 Å². The number of aliphatic imine (C=N–C) groups is 1. The zero-order valence-corrected chi connectivity index (χ0v) is 16.0. The van der Waals surface area contributed by atoms with Gasteiger partial charge in [0.25, 0.3) is 0 Å². The van der Waals surface area contributed by atoms with E-state index in [4.69, 9.17) is 5.73 Å². The summed E-state index contributed by atoms with van der Waals surface area (Å²) in [4.78, 5) is 20.6. The van der Waals surface area contributed by atoms with E-state index >= 15 is 0 Å². The van der Waals surface area contributed by atoms with Gasteiger partial charge in [-0.05, 0) is 18.4 Å². The van der Waals surface area contributed by atoms with Crippen LogP contribution < -0.4 is 5.73 Å². The van der Waals surface area contributed by atoms with Crippen molar-refractivity contribution in [3.8, 4) is 0 Å². The molecular formula is C17H25IN4O. The van der Waals surface area contributed by atoms with Gasteiger partial charge in [-0.2, -0.15) is 0 Å². The quantitative estimate of drug-likeness (QED) is 0.455. The summed E-state index contributed by atoms with van der Waals surface area (Å²) in [5.41, 5.74) is 7.24. The van der Waals surface area contributed by atoms with Gasteiger partial charge >= 0.3 is 0 Å². The van der Waals surface area contributed by atoms with Gasteiger partial charge in [-0.25, -0.2) is 0 Å². The highest BCUT2D eigenvalue weighted by Crippen LogP contribution is 2.37. The van der Waals surface area contributed by atoms with Crippen LogP contribution in [0.1, 0.15) is 30.9 Å². The zero-order chi connectivity index (χ0) is 15.7. The van der Waals surface area contributed by atoms with E-state index in [1.54, 1.807) is 0 Å². The predicted molar refractivity (Wildman–Crippen MR) is 103 cm³/mol. The second kappa shape index (κ2) is 7.51. The molecule has 126 valence electrons. The van der Waals surface area contributed by atoms with Gasteiger partial charge in [-0.1, -0.05) is 30.3 Å². The molecule has 2 atom stereocenters. The van der Waals surface area contributed by atoms with Crippen molar-refractivity contribution in [1.29, 1.82) is 0 Å². The molecule has 5 nitrogen and oxygen atoms in total. The summed E-state index contributed by atoms with van der Waals surface area (Å²) in [7, 11) is 3.88. The first-order valence-corrected chi connectivity index (χ1v) is 7.91. The number of halogens is 1. The molecule has 0 spiro atoms. The molecule has 6 heteroatoms. The van der Waals surface area contributed by atoms with E-state index in [-0.39, 0.29) is 41.8 Å². The van der Waals surface area contributed by atoms with Crippen molar-refractivity contribution in [1.82, 2.24) is 9.80 Å². The molecule has 1 saturated carbocycles. The minimum absolute atomic E-state index is 0. The van der Waals surface area contributed by atoms with Gasteiger partial charge in [0.05, 0.1) is 6.04 Å². The number of carbonyl (C=O) groups excluding carboxylic acids is 1. The Bertz CT molecular complexity index is 573. The van der Waals surface area contributed by atoms with Crippen LogP contribution in [0.2, 0.25) is 0 Å². The van der Waals surface area contributed by atoms with E-state index in [0.29, 0.717) is 25.0 Å². The number of guanidine groups is 1. The number of amides is 1. The molecule has 0 radical (unpaired) electrons. The molecule has 1 amide bonds. The van der Waals surface area contributed by atoms with Crippen molar-refractivity contribution in [2.75, 3.05) is 20.6 Å². The molecule has 2 fully saturated rings. The summed E-state index contributed by atoms with van der Waals surface area (Å²) in [6.07, 6.45) is 2.94. The molecule has 3 rings (SSSR count). The number of hydrogen-bond donors (Lipinski definition) is 1. The maximum atomic E-state index is 12.1. The lowest BCUT2D eigenvalue weighted by Gasteiger charge is -2.25. The number of rotatable bonds is 4. The predicted octanol–water partition coefficient (Wildman–Crippen LogP) is 2.23. The van der Waals surface area contributed by atoms with Gasteiger partial charge in [0.2, 0.25) is 5.91 Å². The Morgan fingerprint density at radius 1 is 1.35 bits per heavy atom. The normalized spacial score (nSPS) is 24.5. The van der Waals surface area contributed by atoms with Gasteiger partial charge in [-0.15, -0.1) is 24.0 Å². The van der Waals surface area contributed by atoms with Crippen LogP contribution >= 0.6 is 24.0 Å². The molecule has 1 aromatic carbocycles. The Balaban J connectivity index is 0.00000192. The van der Waals surface area contributed by atoms with Crippen molar-refractivity contribution in [3.63, 3.8) is 0 Å². The first kappa shape index (κ1) is 18.0. The summed E-state index contributed by atoms with van der Waals surface area (Å²) in [6.45, 7) is 0.596. The summed E-state index contributed by atoms with van der Waals surface area (Å²) in [6, 6.07) is 10.8. The maximum Gasteiger partial charge on any atom is 0.223 e. The molecule has 23 heavy (non-hydrogen) atoms. The third-order valence-corrected chi connectivity index (χ3v) is 4.78. The summed E-state index contributed by atoms with van der Waals surface area (Å²) in [5, 5.41) is 0. The molecule has 1 heterocycles. The Labute approximate surface area is 154 Å². The van der Waals surface area contributed by atoms with Crippen LogP contribution in [0.5, 0.6) is 0 Å². The van der Waals surface area contributed by atoms with Crippen molar-refractivity contribution in [2.45, 2.75) is 31.3 Å². The largest absolute Gasteiger partial charge is 0.370 e. The Morgan fingerprint density at radius 3 is 2.61 bits per heavy atom. The van der Waals surface area contributed by atoms with E-state index in [1.165, 1.54) is 18.4 Å². The summed E-state index contributed by atoms with van der Waals surface area (Å²) < 4.78 is 0. The summed E-state index contributed by atoms with van der Waals surface area (Å²) >= 11 is 0. The molecule has 2 N–H and O–H groups in total. The number of benzene rings is 1. The molecule has 0 aromatic heterocycles. The standard InChI is InChI=1S/C17H24N4O.HI/c1-20(14-8-9-14)17(18)19-11-13-10-15(22)21(2)16(13)12-6-4-3-5-7-12;/h3-7,13-14,16H,8-11H2,1-2H3,(H2,18,19);1H. The molecular weight excluding hydrogens is 403 g/mol. The van der Waals surface area contributed by atoms with E-state index in [9.17, 15) is 4.79 Å². The van der Waals surface area contributed by atoms with Crippen LogP contribution in [0.4, 0.5) is 0 Å². The van der Waals surface area contributed by atoms with Gasteiger partial charge in [0.1, 0.15) is 0 Å². The monoisotopic (exact) mass is 428 g/mol. The van der Waals surface area contributed by atoms with Crippen LogP contribution in [0.25, 0.3) is 0 Å². The number of nitrogens with zero attached hydrogens (tertiary/aromatic N) is 3. The highest BCUT2D eigenvalue weighted by molar-refractivity contribution is 14.0. The van der Waals surface area contributed by atoms with Crippen molar-refractivity contribution >= 4 is 35.8 Å². The van der Waals surface area contributed by atoms with Crippen LogP contribution in [0, 0.1) is 5.92 Å². The number of hydrogen-bond acceptors (Lipinski definition) is 2. The average molecular weight is 428 g/mol. The van der Waals surface area contributed by atoms with Crippen molar-refractivity contribution in [2.24, 2.45) is 16.6 Å². The number of carbonyl (C=O) groups is 1. The number of likely N-dealkylation sites (tertiary alicyclic amines) is 1. The molecule has 2 unspecified atom stereocenters. The van der Waals surface area contributed by atoms with Crippen LogP contribution in [-0.4, -0.2) is 48.3 Å². The molecule has 0 bridgehead atoms. The maximum absolute atomic E-state index is 12.1. The molecule has 2 aliphatic rings. The zero-order valence-electron chi connectivity index (χ0n) is 13.7. The van der Waals surface area contributed by atoms with E-state index in [0.717, 1.165) is 0 Å². The highest BCUT2D eigenvalue weighted by atomic mass is 127. The van der Waals surface area contributed by atoms with E-state index in [1.807, 2.05) is 37.2 Å². The van der Waals surface area contributed by atoms with Crippen molar-refractivity contribution < 1.29 is 4.79 Å². The first-order chi connectivity index (χ1) is 10.6. The Morgan fingerprint density at radius 2 is 2.00 bits per heavy atom. The fourth-order valence-corrected chi connectivity index (χ4v) is 3.23. The molecule has 1 saturated heterocycles. The van der Waals surface area contributed by atoms with Gasteiger partial charge < -0.3 is 15.5 Å². The average Bonchev–Trinajstić information content (AvgIpc) is 3.33. The van der Waals surface area contributed by atoms with E-state index < -0.39 is 0 Å². The molecule has 1 aliphatic heterocycles. The van der Waals surface area contributed by atoms with Gasteiger partial charge in [-0.3, -0.25) is 9.79 Å². The third-order valence-electron chi connectivity index (χ3n) is 4.78. The SMILES string of the molecule is CN(C(N)=NCC1CC(=O)N(C)C1c1ccccc1)C1CC1.I. The van der Waals surface area contributed by atoms with Crippen molar-refractivity contribution in [3.05, 3.63) is 35.9 Å². The second-order valence-electron chi connectivity index (χ2n) is 6.37. The minimum Gasteiger partial charge on any atom is -0.370 e. The van der Waals surface area contributed by atoms with Gasteiger partial charge in [0, 0.05) is 39.0 Å². The fourth-order valence-electron chi connectivity index (χ4n) is 3.23. The van der Waals surface area contributed by atoms with E-state index in [2.05, 4.69) is 22.0 Å². The van der Waals surface area contributed by atoms with Crippen LogP contribution in [-0.2, 0) is 4.79 Å². The minimum atomic E-state index is 0. The number of nitrogens with two attached hydrogens (primary N) is 1. The summed E-state index contributed by atoms with van der Waals surface area (Å²) in [5.74, 6) is 0.963. The second-order valence-corrected chi connectivity index (χ2v) is 6.37. The Kier molecular flexibility index (Phi) is 5.89. The lowest BCUT2D eigenvalue weighted by molar-refractivity contribution is -0.127. The Hall–Kier alpha value is -1.31. The topological polar surface area (TPSA) is 61.9 Å². The fraction of sp³-hybridized carbons (Fsp3) is 0.529. The molecule has 1 aliphatic carbocycles. The lowest BCUT2D eigenvalue weighted by Crippen LogP contribution is -2.36. The lowest BCUT2D eigenvalue weighted by atomic mass is 9.94. The third kappa shape index (κ3) is 3.97. The van der Waals surface area contributed by atoms with Crippen LogP contribution in [0.3, 0.4) is 0 Å². The smallest absolute Gasteiger partial charge is 0.223 e. The molecule has 1 aromatic rings. The van der Waals surface area contributed by atoms with Crippen LogP contribution in [0.15, 0.2) is 35.3 Å².